The summed E-state index contributed by atoms with van der Waals surface area (Å²) >= 11 is 0. The van der Waals surface area contributed by atoms with Crippen molar-refractivity contribution in [3.63, 3.8) is 0 Å². The molecular formula is C19H30O3. The Bertz CT molecular complexity index is 471. The van der Waals surface area contributed by atoms with Crippen LogP contribution in [0.1, 0.15) is 66.2 Å². The van der Waals surface area contributed by atoms with E-state index in [9.17, 15) is 9.59 Å². The number of ketones is 1. The zero-order chi connectivity index (χ0) is 16.1. The van der Waals surface area contributed by atoms with Gasteiger partial charge in [-0.3, -0.25) is 9.59 Å². The van der Waals surface area contributed by atoms with Gasteiger partial charge in [0.2, 0.25) is 0 Å². The molecule has 0 aromatic rings. The van der Waals surface area contributed by atoms with Crippen LogP contribution in [0.4, 0.5) is 0 Å². The summed E-state index contributed by atoms with van der Waals surface area (Å²) in [6.45, 7) is 8.70. The lowest BCUT2D eigenvalue weighted by molar-refractivity contribution is -0.144. The van der Waals surface area contributed by atoms with Crippen LogP contribution >= 0.6 is 0 Å². The van der Waals surface area contributed by atoms with Crippen molar-refractivity contribution in [1.82, 2.24) is 0 Å². The van der Waals surface area contributed by atoms with E-state index in [-0.39, 0.29) is 35.2 Å². The number of carbonyl (C=O) groups excluding carboxylic acids is 2. The average Bonchev–Trinajstić information content (AvgIpc) is 2.96. The Morgan fingerprint density at radius 3 is 2.55 bits per heavy atom. The first-order valence-electron chi connectivity index (χ1n) is 9.07. The van der Waals surface area contributed by atoms with E-state index >= 15 is 0 Å². The highest BCUT2D eigenvalue weighted by Gasteiger charge is 2.54. The second-order valence-corrected chi connectivity index (χ2v) is 8.49. The van der Waals surface area contributed by atoms with Gasteiger partial charge in [0.25, 0.3) is 0 Å². The van der Waals surface area contributed by atoms with E-state index in [0.717, 1.165) is 32.1 Å². The Kier molecular flexibility index (Phi) is 4.11. The van der Waals surface area contributed by atoms with Gasteiger partial charge in [-0.25, -0.2) is 0 Å². The number of ether oxygens (including phenoxy) is 1. The summed E-state index contributed by atoms with van der Waals surface area (Å²) in [6.07, 6.45) is 6.38. The zero-order valence-corrected chi connectivity index (χ0v) is 14.4. The maximum atomic E-state index is 12.5. The van der Waals surface area contributed by atoms with Gasteiger partial charge in [0.05, 0.1) is 5.92 Å². The molecule has 0 N–H and O–H groups in total. The van der Waals surface area contributed by atoms with Crippen LogP contribution in [0.2, 0.25) is 0 Å². The fourth-order valence-electron chi connectivity index (χ4n) is 5.58. The van der Waals surface area contributed by atoms with Gasteiger partial charge in [-0.15, -0.1) is 0 Å². The highest BCUT2D eigenvalue weighted by Crippen LogP contribution is 2.58. The minimum Gasteiger partial charge on any atom is -0.462 e. The van der Waals surface area contributed by atoms with Crippen LogP contribution in [0.5, 0.6) is 0 Å². The van der Waals surface area contributed by atoms with Crippen LogP contribution in [0, 0.1) is 35.0 Å². The Morgan fingerprint density at radius 1 is 1.18 bits per heavy atom. The van der Waals surface area contributed by atoms with Gasteiger partial charge < -0.3 is 4.74 Å². The molecule has 0 bridgehead atoms. The SMILES string of the molecule is CC1CCC2(C)C(CCC2[C@H](C)CC2C[C@H](C)C(=O)O2)C1=O. The molecule has 0 radical (unpaired) electrons. The first-order valence-corrected chi connectivity index (χ1v) is 9.07. The van der Waals surface area contributed by atoms with E-state index in [4.69, 9.17) is 4.74 Å². The van der Waals surface area contributed by atoms with Crippen molar-refractivity contribution >= 4 is 11.8 Å². The smallest absolute Gasteiger partial charge is 0.309 e. The molecule has 2 aliphatic carbocycles. The van der Waals surface area contributed by atoms with Crippen molar-refractivity contribution in [3.05, 3.63) is 0 Å². The first-order chi connectivity index (χ1) is 10.3. The molecule has 0 aromatic carbocycles. The van der Waals surface area contributed by atoms with Gasteiger partial charge in [-0.2, -0.15) is 0 Å². The van der Waals surface area contributed by atoms with Gasteiger partial charge in [0.1, 0.15) is 11.9 Å². The van der Waals surface area contributed by atoms with Crippen LogP contribution in [-0.4, -0.2) is 17.9 Å². The number of hydrogen-bond acceptors (Lipinski definition) is 3. The highest BCUT2D eigenvalue weighted by molar-refractivity contribution is 5.85. The topological polar surface area (TPSA) is 43.4 Å². The zero-order valence-electron chi connectivity index (χ0n) is 14.4. The Labute approximate surface area is 134 Å². The minimum atomic E-state index is -0.0330. The third kappa shape index (κ3) is 2.51. The highest BCUT2D eigenvalue weighted by atomic mass is 16.5. The summed E-state index contributed by atoms with van der Waals surface area (Å²) in [5, 5.41) is 0. The van der Waals surface area contributed by atoms with Gasteiger partial charge in [0, 0.05) is 11.8 Å². The molecule has 3 rings (SSSR count). The fourth-order valence-corrected chi connectivity index (χ4v) is 5.58. The molecule has 3 fully saturated rings. The standard InChI is InChI=1S/C19H30O3/c1-11-7-8-19(4)15(5-6-16(19)17(11)20)12(2)9-14-10-13(3)18(21)22-14/h11-16H,5-10H2,1-4H3/t11?,12-,13+,14?,15?,16?,19?/m1/s1. The number of carbonyl (C=O) groups is 2. The molecule has 1 aliphatic heterocycles. The quantitative estimate of drug-likeness (QED) is 0.740. The summed E-state index contributed by atoms with van der Waals surface area (Å²) in [5.41, 5.74) is 0.178. The molecule has 3 aliphatic rings. The normalized spacial score (nSPS) is 46.5. The predicted molar refractivity (Wildman–Crippen MR) is 85.2 cm³/mol. The first kappa shape index (κ1) is 16.0. The average molecular weight is 306 g/mol. The Morgan fingerprint density at radius 2 is 1.91 bits per heavy atom. The van der Waals surface area contributed by atoms with Gasteiger partial charge in [0.15, 0.2) is 0 Å². The maximum absolute atomic E-state index is 12.5. The fraction of sp³-hybridized carbons (Fsp3) is 0.895. The van der Waals surface area contributed by atoms with Gasteiger partial charge in [-0.05, 0) is 55.8 Å². The van der Waals surface area contributed by atoms with E-state index < -0.39 is 0 Å². The summed E-state index contributed by atoms with van der Waals surface area (Å²) in [6, 6.07) is 0. The number of rotatable bonds is 3. The maximum Gasteiger partial charge on any atom is 0.309 e. The van der Waals surface area contributed by atoms with E-state index in [2.05, 4.69) is 20.8 Å². The second-order valence-electron chi connectivity index (χ2n) is 8.49. The third-order valence-electron chi connectivity index (χ3n) is 6.98. The second kappa shape index (κ2) is 5.65. The van der Waals surface area contributed by atoms with Crippen molar-refractivity contribution in [2.45, 2.75) is 72.3 Å². The largest absolute Gasteiger partial charge is 0.462 e. The molecule has 5 unspecified atom stereocenters. The molecule has 1 saturated heterocycles. The van der Waals surface area contributed by atoms with Crippen molar-refractivity contribution in [2.24, 2.45) is 35.0 Å². The van der Waals surface area contributed by atoms with Crippen molar-refractivity contribution < 1.29 is 14.3 Å². The number of esters is 1. The molecule has 3 nitrogen and oxygen atoms in total. The number of Topliss-reactive ketones (excluding diaryl/α,β-unsaturated/α-hetero) is 1. The van der Waals surface area contributed by atoms with Crippen LogP contribution in [0.3, 0.4) is 0 Å². The molecule has 2 saturated carbocycles. The van der Waals surface area contributed by atoms with Crippen LogP contribution in [0.25, 0.3) is 0 Å². The van der Waals surface area contributed by atoms with E-state index in [1.165, 1.54) is 6.42 Å². The number of cyclic esters (lactones) is 1. The third-order valence-corrected chi connectivity index (χ3v) is 6.98. The van der Waals surface area contributed by atoms with Crippen LogP contribution in [0.15, 0.2) is 0 Å². The van der Waals surface area contributed by atoms with Crippen LogP contribution in [-0.2, 0) is 14.3 Å². The molecule has 1 heterocycles. The number of hydrogen-bond donors (Lipinski definition) is 0. The van der Waals surface area contributed by atoms with E-state index in [1.54, 1.807) is 0 Å². The number of fused-ring (bicyclic) bond motifs is 1. The molecule has 3 heteroatoms. The monoisotopic (exact) mass is 306 g/mol. The lowest BCUT2D eigenvalue weighted by Gasteiger charge is -2.44. The summed E-state index contributed by atoms with van der Waals surface area (Å²) in [5.74, 6) is 2.18. The van der Waals surface area contributed by atoms with Gasteiger partial charge >= 0.3 is 5.97 Å². The Hall–Kier alpha value is -0.860. The molecule has 22 heavy (non-hydrogen) atoms. The molecular weight excluding hydrogens is 276 g/mol. The Balaban J connectivity index is 1.67. The van der Waals surface area contributed by atoms with Crippen molar-refractivity contribution in [3.8, 4) is 0 Å². The van der Waals surface area contributed by atoms with E-state index in [0.29, 0.717) is 17.6 Å². The molecule has 0 spiro atoms. The predicted octanol–water partition coefficient (Wildman–Crippen LogP) is 4.00. The minimum absolute atomic E-state index is 0.0330. The molecule has 124 valence electrons. The van der Waals surface area contributed by atoms with Crippen LogP contribution < -0.4 is 0 Å². The summed E-state index contributed by atoms with van der Waals surface area (Å²) in [4.78, 5) is 24.1. The van der Waals surface area contributed by atoms with Crippen molar-refractivity contribution in [2.75, 3.05) is 0 Å². The molecule has 7 atom stereocenters. The molecule has 0 amide bonds. The summed E-state index contributed by atoms with van der Waals surface area (Å²) in [7, 11) is 0. The van der Waals surface area contributed by atoms with E-state index in [1.807, 2.05) is 6.92 Å². The lowest BCUT2D eigenvalue weighted by atomic mass is 9.60. The lowest BCUT2D eigenvalue weighted by Crippen LogP contribution is -2.42. The molecule has 0 aromatic heterocycles. The van der Waals surface area contributed by atoms with Gasteiger partial charge in [-0.1, -0.05) is 27.7 Å². The van der Waals surface area contributed by atoms with Crippen molar-refractivity contribution in [1.29, 1.82) is 0 Å². The summed E-state index contributed by atoms with van der Waals surface area (Å²) < 4.78 is 5.51.